The lowest BCUT2D eigenvalue weighted by atomic mass is 10.1. The van der Waals surface area contributed by atoms with Gasteiger partial charge in [0, 0.05) is 31.6 Å². The second-order valence-corrected chi connectivity index (χ2v) is 5.54. The first-order chi connectivity index (χ1) is 11.7. The molecule has 0 spiro atoms. The molecule has 0 saturated carbocycles. The predicted octanol–water partition coefficient (Wildman–Crippen LogP) is 1.27. The molecule has 12 heteroatoms. The monoisotopic (exact) mass is 399 g/mol. The van der Waals surface area contributed by atoms with E-state index in [1.54, 1.807) is 0 Å². The number of halogens is 4. The quantitative estimate of drug-likeness (QED) is 0.490. The number of β-amino-alcohol motifs (C(OH)–C–C–N with tert-alkyl or cyclic N) is 1. The summed E-state index contributed by atoms with van der Waals surface area (Å²) in [5, 5.41) is 26.0. The first kappa shape index (κ1) is 21.9. The molecule has 1 amide bonds. The van der Waals surface area contributed by atoms with E-state index in [1.165, 1.54) is 0 Å². The Morgan fingerprint density at radius 3 is 2.65 bits per heavy atom. The summed E-state index contributed by atoms with van der Waals surface area (Å²) >= 11 is 0. The van der Waals surface area contributed by atoms with Gasteiger partial charge < -0.3 is 20.5 Å². The van der Waals surface area contributed by atoms with Crippen molar-refractivity contribution in [2.75, 3.05) is 26.2 Å². The maximum absolute atomic E-state index is 12.2. The van der Waals surface area contributed by atoms with Crippen LogP contribution in [0.2, 0.25) is 0 Å². The van der Waals surface area contributed by atoms with Gasteiger partial charge in [-0.2, -0.15) is 13.2 Å². The minimum absolute atomic E-state index is 0. The Bertz CT molecular complexity index is 659. The number of aliphatic hydroxyl groups excluding tert-OH is 1. The van der Waals surface area contributed by atoms with Gasteiger partial charge in [-0.1, -0.05) is 0 Å². The van der Waals surface area contributed by atoms with Crippen molar-refractivity contribution in [2.24, 2.45) is 5.92 Å². The third-order valence-electron chi connectivity index (χ3n) is 3.64. The molecule has 0 aromatic heterocycles. The SMILES string of the molecule is Cl.O=C(NCC1CNCC1O)c1cc(OCC(F)(F)F)ccc1[N+](=O)[O-]. The molecule has 0 bridgehead atoms. The summed E-state index contributed by atoms with van der Waals surface area (Å²) < 4.78 is 41.1. The van der Waals surface area contributed by atoms with Gasteiger partial charge in [0.2, 0.25) is 0 Å². The van der Waals surface area contributed by atoms with Gasteiger partial charge in [-0.3, -0.25) is 14.9 Å². The van der Waals surface area contributed by atoms with Crippen LogP contribution in [0.1, 0.15) is 10.4 Å². The van der Waals surface area contributed by atoms with Crippen LogP contribution in [0.25, 0.3) is 0 Å². The lowest BCUT2D eigenvalue weighted by Crippen LogP contribution is -2.34. The van der Waals surface area contributed by atoms with E-state index in [2.05, 4.69) is 15.4 Å². The molecule has 146 valence electrons. The van der Waals surface area contributed by atoms with Crippen molar-refractivity contribution in [1.29, 1.82) is 0 Å². The molecule has 1 aliphatic rings. The largest absolute Gasteiger partial charge is 0.484 e. The number of ether oxygens (including phenoxy) is 1. The zero-order valence-electron chi connectivity index (χ0n) is 13.3. The van der Waals surface area contributed by atoms with Gasteiger partial charge in [-0.05, 0) is 12.1 Å². The number of alkyl halides is 3. The fraction of sp³-hybridized carbons (Fsp3) is 0.500. The molecule has 0 aliphatic carbocycles. The number of nitrogens with one attached hydrogen (secondary N) is 2. The molecule has 0 radical (unpaired) electrons. The van der Waals surface area contributed by atoms with Crippen molar-refractivity contribution in [3.63, 3.8) is 0 Å². The minimum Gasteiger partial charge on any atom is -0.484 e. The lowest BCUT2D eigenvalue weighted by molar-refractivity contribution is -0.385. The Hall–Kier alpha value is -2.11. The maximum Gasteiger partial charge on any atom is 0.422 e. The summed E-state index contributed by atoms with van der Waals surface area (Å²) in [5.41, 5.74) is -0.966. The Kier molecular flexibility index (Phi) is 7.60. The average molecular weight is 400 g/mol. The van der Waals surface area contributed by atoms with E-state index in [1.807, 2.05) is 0 Å². The van der Waals surface area contributed by atoms with Crippen LogP contribution in [0.4, 0.5) is 18.9 Å². The van der Waals surface area contributed by atoms with Crippen LogP contribution in [0, 0.1) is 16.0 Å². The highest BCUT2D eigenvalue weighted by atomic mass is 35.5. The van der Waals surface area contributed by atoms with Crippen LogP contribution in [0.3, 0.4) is 0 Å². The Morgan fingerprint density at radius 1 is 1.42 bits per heavy atom. The van der Waals surface area contributed by atoms with Gasteiger partial charge in [-0.15, -0.1) is 12.4 Å². The molecule has 1 aliphatic heterocycles. The molecule has 1 fully saturated rings. The number of nitro benzene ring substituents is 1. The maximum atomic E-state index is 12.2. The first-order valence-electron chi connectivity index (χ1n) is 7.32. The third kappa shape index (κ3) is 6.00. The van der Waals surface area contributed by atoms with Crippen molar-refractivity contribution < 1.29 is 32.7 Å². The van der Waals surface area contributed by atoms with Crippen LogP contribution in [0.5, 0.6) is 5.75 Å². The number of nitro groups is 1. The zero-order chi connectivity index (χ0) is 18.6. The zero-order valence-corrected chi connectivity index (χ0v) is 14.1. The Labute approximate surface area is 152 Å². The summed E-state index contributed by atoms with van der Waals surface area (Å²) in [6, 6.07) is 2.79. The van der Waals surface area contributed by atoms with E-state index in [9.17, 15) is 33.2 Å². The molecule has 2 rings (SSSR count). The molecule has 26 heavy (non-hydrogen) atoms. The van der Waals surface area contributed by atoms with Crippen molar-refractivity contribution >= 4 is 24.0 Å². The number of aliphatic hydroxyl groups is 1. The van der Waals surface area contributed by atoms with Crippen LogP contribution < -0.4 is 15.4 Å². The molecule has 1 aromatic rings. The second-order valence-electron chi connectivity index (χ2n) is 5.54. The fourth-order valence-electron chi connectivity index (χ4n) is 2.36. The van der Waals surface area contributed by atoms with E-state index in [0.29, 0.717) is 13.1 Å². The summed E-state index contributed by atoms with van der Waals surface area (Å²) in [4.78, 5) is 22.4. The van der Waals surface area contributed by atoms with Gasteiger partial charge in [0.05, 0.1) is 11.0 Å². The molecule has 3 N–H and O–H groups in total. The summed E-state index contributed by atoms with van der Waals surface area (Å²) in [7, 11) is 0. The number of benzene rings is 1. The fourth-order valence-corrected chi connectivity index (χ4v) is 2.36. The number of nitrogens with zero attached hydrogens (tertiary/aromatic N) is 1. The minimum atomic E-state index is -4.57. The first-order valence-corrected chi connectivity index (χ1v) is 7.32. The smallest absolute Gasteiger partial charge is 0.422 e. The number of amides is 1. The van der Waals surface area contributed by atoms with Crippen LogP contribution >= 0.6 is 12.4 Å². The van der Waals surface area contributed by atoms with Crippen LogP contribution in [0.15, 0.2) is 18.2 Å². The number of carbonyl (C=O) groups excluding carboxylic acids is 1. The van der Waals surface area contributed by atoms with Crippen LogP contribution in [-0.2, 0) is 0 Å². The van der Waals surface area contributed by atoms with E-state index < -0.39 is 41.0 Å². The van der Waals surface area contributed by atoms with Crippen molar-refractivity contribution in [1.82, 2.24) is 10.6 Å². The van der Waals surface area contributed by atoms with E-state index in [0.717, 1.165) is 18.2 Å². The van der Waals surface area contributed by atoms with Gasteiger partial charge in [-0.25, -0.2) is 0 Å². The molecular formula is C14H17ClF3N3O5. The number of hydrogen-bond acceptors (Lipinski definition) is 6. The topological polar surface area (TPSA) is 114 Å². The average Bonchev–Trinajstić information content (AvgIpc) is 2.94. The Balaban J connectivity index is 0.00000338. The molecule has 8 nitrogen and oxygen atoms in total. The summed E-state index contributed by atoms with van der Waals surface area (Å²) in [5.74, 6) is -1.40. The van der Waals surface area contributed by atoms with E-state index in [-0.39, 0.29) is 30.6 Å². The summed E-state index contributed by atoms with van der Waals surface area (Å²) in [6.45, 7) is -0.663. The molecular weight excluding hydrogens is 383 g/mol. The second kappa shape index (κ2) is 9.01. The highest BCUT2D eigenvalue weighted by Gasteiger charge is 2.30. The third-order valence-corrected chi connectivity index (χ3v) is 3.64. The van der Waals surface area contributed by atoms with Gasteiger partial charge in [0.25, 0.3) is 11.6 Å². The standard InChI is InChI=1S/C14H16F3N3O5.ClH/c15-14(16,17)7-25-9-1-2-11(20(23)24)10(3-9)13(22)19-5-8-4-18-6-12(8)21;/h1-3,8,12,18,21H,4-7H2,(H,19,22);1H. The molecule has 1 heterocycles. The van der Waals surface area contributed by atoms with E-state index >= 15 is 0 Å². The number of rotatable bonds is 6. The highest BCUT2D eigenvalue weighted by molar-refractivity contribution is 5.98. The summed E-state index contributed by atoms with van der Waals surface area (Å²) in [6.07, 6.45) is -5.23. The van der Waals surface area contributed by atoms with Gasteiger partial charge in [0.15, 0.2) is 6.61 Å². The predicted molar refractivity (Wildman–Crippen MR) is 86.6 cm³/mol. The van der Waals surface area contributed by atoms with Crippen molar-refractivity contribution in [3.8, 4) is 5.75 Å². The lowest BCUT2D eigenvalue weighted by Gasteiger charge is -2.14. The van der Waals surface area contributed by atoms with Gasteiger partial charge in [0.1, 0.15) is 11.3 Å². The van der Waals surface area contributed by atoms with E-state index in [4.69, 9.17) is 0 Å². The van der Waals surface area contributed by atoms with Crippen molar-refractivity contribution in [2.45, 2.75) is 12.3 Å². The number of carbonyl (C=O) groups is 1. The molecule has 2 unspecified atom stereocenters. The molecule has 1 aromatic carbocycles. The highest BCUT2D eigenvalue weighted by Crippen LogP contribution is 2.26. The normalized spacial score (nSPS) is 19.5. The van der Waals surface area contributed by atoms with Crippen molar-refractivity contribution in [3.05, 3.63) is 33.9 Å². The Morgan fingerprint density at radius 2 is 2.12 bits per heavy atom. The molecule has 2 atom stereocenters. The molecule has 1 saturated heterocycles. The van der Waals surface area contributed by atoms with Gasteiger partial charge >= 0.3 is 6.18 Å². The van der Waals surface area contributed by atoms with Crippen LogP contribution in [-0.4, -0.2) is 54.5 Å². The number of hydrogen-bond donors (Lipinski definition) is 3.